The lowest BCUT2D eigenvalue weighted by Crippen LogP contribution is -2.15. The summed E-state index contributed by atoms with van der Waals surface area (Å²) in [7, 11) is 0. The number of ether oxygens (including phenoxy) is 2. The van der Waals surface area contributed by atoms with Gasteiger partial charge < -0.3 is 9.47 Å². The topological polar surface area (TPSA) is 60.5 Å². The Morgan fingerprint density at radius 2 is 1.88 bits per heavy atom. The van der Waals surface area contributed by atoms with Gasteiger partial charge in [-0.25, -0.2) is 4.98 Å². The summed E-state index contributed by atoms with van der Waals surface area (Å²) < 4.78 is 12.0. The van der Waals surface area contributed by atoms with Crippen LogP contribution in [0, 0.1) is 0 Å². The van der Waals surface area contributed by atoms with Crippen molar-refractivity contribution in [3.8, 4) is 11.5 Å². The van der Waals surface area contributed by atoms with E-state index in [9.17, 15) is 4.79 Å². The molecule has 0 saturated carbocycles. The fraction of sp³-hybridized carbons (Fsp3) is 0.125. The van der Waals surface area contributed by atoms with Crippen molar-refractivity contribution in [1.82, 2.24) is 4.98 Å². The first-order chi connectivity index (χ1) is 11.6. The molecule has 0 radical (unpaired) electrons. The van der Waals surface area contributed by atoms with Gasteiger partial charge in [-0.15, -0.1) is 0 Å². The number of anilines is 1. The number of carbonyl (C=O) groups is 1. The van der Waals surface area contributed by atoms with E-state index in [1.165, 1.54) is 17.4 Å². The largest absolute Gasteiger partial charge is 0.486 e. The predicted molar refractivity (Wildman–Crippen MR) is 95.0 cm³/mol. The minimum Gasteiger partial charge on any atom is -0.486 e. The molecule has 24 heavy (non-hydrogen) atoms. The second kappa shape index (κ2) is 6.12. The molecular formula is C16H10Cl2N2O3S. The molecule has 1 aliphatic heterocycles. The molecule has 0 saturated heterocycles. The minimum absolute atomic E-state index is 0.290. The normalized spacial score (nSPS) is 13.1. The van der Waals surface area contributed by atoms with E-state index in [-0.39, 0.29) is 5.91 Å². The van der Waals surface area contributed by atoms with Gasteiger partial charge in [-0.2, -0.15) is 0 Å². The molecule has 0 bridgehead atoms. The Morgan fingerprint density at radius 1 is 1.12 bits per heavy atom. The van der Waals surface area contributed by atoms with E-state index >= 15 is 0 Å². The van der Waals surface area contributed by atoms with E-state index in [1.54, 1.807) is 12.1 Å². The number of rotatable bonds is 2. The quantitative estimate of drug-likeness (QED) is 0.703. The van der Waals surface area contributed by atoms with Crippen molar-refractivity contribution in [3.63, 3.8) is 0 Å². The van der Waals surface area contributed by atoms with E-state index in [0.717, 1.165) is 10.2 Å². The maximum absolute atomic E-state index is 12.4. The van der Waals surface area contributed by atoms with Gasteiger partial charge in [0.2, 0.25) is 0 Å². The molecule has 0 aliphatic carbocycles. The van der Waals surface area contributed by atoms with Gasteiger partial charge in [0.1, 0.15) is 13.2 Å². The Morgan fingerprint density at radius 3 is 2.62 bits per heavy atom. The first-order valence-corrected chi connectivity index (χ1v) is 8.64. The van der Waals surface area contributed by atoms with Crippen molar-refractivity contribution in [1.29, 1.82) is 0 Å². The molecule has 8 heteroatoms. The van der Waals surface area contributed by atoms with Crippen LogP contribution in [0.15, 0.2) is 30.3 Å². The maximum atomic E-state index is 12.4. The lowest BCUT2D eigenvalue weighted by atomic mass is 10.2. The average molecular weight is 381 g/mol. The second-order valence-electron chi connectivity index (χ2n) is 5.06. The Kier molecular flexibility index (Phi) is 3.96. The summed E-state index contributed by atoms with van der Waals surface area (Å²) in [4.78, 5) is 16.8. The van der Waals surface area contributed by atoms with Gasteiger partial charge in [-0.05, 0) is 18.2 Å². The van der Waals surface area contributed by atoms with Gasteiger partial charge in [-0.1, -0.05) is 34.5 Å². The summed E-state index contributed by atoms with van der Waals surface area (Å²) in [5.74, 6) is 1.02. The van der Waals surface area contributed by atoms with E-state index in [0.29, 0.717) is 45.5 Å². The van der Waals surface area contributed by atoms with Gasteiger partial charge in [0.25, 0.3) is 5.91 Å². The van der Waals surface area contributed by atoms with E-state index < -0.39 is 0 Å². The molecule has 4 rings (SSSR count). The van der Waals surface area contributed by atoms with Gasteiger partial charge in [-0.3, -0.25) is 10.1 Å². The first kappa shape index (κ1) is 15.5. The average Bonchev–Trinajstić information content (AvgIpc) is 2.93. The number of hydrogen-bond acceptors (Lipinski definition) is 5. The highest BCUT2D eigenvalue weighted by atomic mass is 35.5. The van der Waals surface area contributed by atoms with Crippen molar-refractivity contribution >= 4 is 55.8 Å². The van der Waals surface area contributed by atoms with Crippen molar-refractivity contribution < 1.29 is 14.3 Å². The summed E-state index contributed by atoms with van der Waals surface area (Å²) >= 11 is 13.3. The fourth-order valence-corrected chi connectivity index (χ4v) is 3.72. The van der Waals surface area contributed by atoms with Crippen molar-refractivity contribution in [2.24, 2.45) is 0 Å². The highest BCUT2D eigenvalue weighted by Gasteiger charge is 2.17. The Labute approximate surface area is 151 Å². The summed E-state index contributed by atoms with van der Waals surface area (Å²) in [6.45, 7) is 1.04. The number of aromatic nitrogens is 1. The minimum atomic E-state index is -0.340. The number of nitrogens with zero attached hydrogens (tertiary/aromatic N) is 1. The van der Waals surface area contributed by atoms with Crippen LogP contribution >= 0.6 is 34.5 Å². The number of halogens is 2. The number of nitrogens with one attached hydrogen (secondary N) is 1. The molecule has 0 atom stereocenters. The van der Waals surface area contributed by atoms with Crippen LogP contribution in [-0.2, 0) is 0 Å². The Bertz CT molecular complexity index is 915. The molecule has 1 amide bonds. The third-order valence-electron chi connectivity index (χ3n) is 3.45. The first-order valence-electron chi connectivity index (χ1n) is 7.07. The number of carbonyl (C=O) groups excluding carboxylic acids is 1. The molecule has 122 valence electrons. The Hall–Kier alpha value is -2.02. The SMILES string of the molecule is O=C(Nc1nc2cc3c(cc2s1)OCCO3)c1ccc(Cl)cc1Cl. The van der Waals surface area contributed by atoms with Gasteiger partial charge in [0, 0.05) is 17.2 Å². The third-order valence-corrected chi connectivity index (χ3v) is 4.93. The molecule has 0 unspecified atom stereocenters. The molecule has 0 fully saturated rings. The van der Waals surface area contributed by atoms with E-state index in [4.69, 9.17) is 32.7 Å². The maximum Gasteiger partial charge on any atom is 0.258 e. The molecule has 3 aromatic rings. The molecule has 1 aromatic heterocycles. The highest BCUT2D eigenvalue weighted by molar-refractivity contribution is 7.22. The smallest absolute Gasteiger partial charge is 0.258 e. The number of fused-ring (bicyclic) bond motifs is 2. The molecular weight excluding hydrogens is 371 g/mol. The number of benzene rings is 2. The van der Waals surface area contributed by atoms with Crippen LogP contribution in [0.5, 0.6) is 11.5 Å². The summed E-state index contributed by atoms with van der Waals surface area (Å²) in [5.41, 5.74) is 1.08. The molecule has 1 aliphatic rings. The van der Waals surface area contributed by atoms with Gasteiger partial charge in [0.15, 0.2) is 16.6 Å². The summed E-state index contributed by atoms with van der Waals surface area (Å²) in [6.07, 6.45) is 0. The predicted octanol–water partition coefficient (Wildman–Crippen LogP) is 4.63. The molecule has 0 spiro atoms. The van der Waals surface area contributed by atoms with Gasteiger partial charge in [0.05, 0.1) is 20.8 Å². The van der Waals surface area contributed by atoms with E-state index in [2.05, 4.69) is 10.3 Å². The van der Waals surface area contributed by atoms with Crippen molar-refractivity contribution in [2.45, 2.75) is 0 Å². The number of thiazole rings is 1. The van der Waals surface area contributed by atoms with Crippen LogP contribution < -0.4 is 14.8 Å². The lowest BCUT2D eigenvalue weighted by Gasteiger charge is -2.17. The number of amides is 1. The van der Waals surface area contributed by atoms with E-state index in [1.807, 2.05) is 12.1 Å². The van der Waals surface area contributed by atoms with Crippen LogP contribution in [0.1, 0.15) is 10.4 Å². The van der Waals surface area contributed by atoms with Crippen LogP contribution in [0.25, 0.3) is 10.2 Å². The fourth-order valence-electron chi connectivity index (χ4n) is 2.36. The van der Waals surface area contributed by atoms with Crippen molar-refractivity contribution in [3.05, 3.63) is 45.9 Å². The number of hydrogen-bond donors (Lipinski definition) is 1. The second-order valence-corrected chi connectivity index (χ2v) is 6.94. The molecule has 1 N–H and O–H groups in total. The van der Waals surface area contributed by atoms with Crippen molar-refractivity contribution in [2.75, 3.05) is 18.5 Å². The Balaban J connectivity index is 1.63. The third kappa shape index (κ3) is 2.88. The zero-order valence-corrected chi connectivity index (χ0v) is 14.5. The van der Waals surface area contributed by atoms with Crippen LogP contribution in [0.4, 0.5) is 5.13 Å². The molecule has 2 aromatic carbocycles. The zero-order valence-electron chi connectivity index (χ0n) is 12.1. The van der Waals surface area contributed by atoms with Crippen LogP contribution in [-0.4, -0.2) is 24.1 Å². The molecule has 2 heterocycles. The van der Waals surface area contributed by atoms with Crippen LogP contribution in [0.3, 0.4) is 0 Å². The highest BCUT2D eigenvalue weighted by Crippen LogP contribution is 2.38. The standard InChI is InChI=1S/C16H10Cl2N2O3S/c17-8-1-2-9(10(18)5-8)15(21)20-16-19-11-6-12-13(7-14(11)24-16)23-4-3-22-12/h1-2,5-7H,3-4H2,(H,19,20,21). The van der Waals surface area contributed by atoms with Crippen LogP contribution in [0.2, 0.25) is 10.0 Å². The lowest BCUT2D eigenvalue weighted by molar-refractivity contribution is 0.102. The molecule has 5 nitrogen and oxygen atoms in total. The summed E-state index contributed by atoms with van der Waals surface area (Å²) in [6, 6.07) is 8.40. The zero-order chi connectivity index (χ0) is 16.7. The van der Waals surface area contributed by atoms with Gasteiger partial charge >= 0.3 is 0 Å². The monoisotopic (exact) mass is 380 g/mol. The summed E-state index contributed by atoms with van der Waals surface area (Å²) in [5, 5.41) is 4.00.